The molecular weight excluding hydrogens is 321 g/mol. The predicted octanol–water partition coefficient (Wildman–Crippen LogP) is 6.70. The average Bonchev–Trinajstić information content (AvgIpc) is 2.64. The highest BCUT2D eigenvalue weighted by Crippen LogP contribution is 2.31. The Labute approximate surface area is 156 Å². The van der Waals surface area contributed by atoms with Gasteiger partial charge in [-0.2, -0.15) is 0 Å². The third kappa shape index (κ3) is 4.20. The molecule has 2 aromatic carbocycles. The molecule has 0 N–H and O–H groups in total. The van der Waals surface area contributed by atoms with E-state index in [1.165, 1.54) is 11.6 Å². The molecule has 0 aliphatic carbocycles. The van der Waals surface area contributed by atoms with Crippen molar-refractivity contribution in [3.8, 4) is 0 Å². The Morgan fingerprint density at radius 1 is 1.00 bits per heavy atom. The van der Waals surface area contributed by atoms with E-state index < -0.39 is 0 Å². The minimum atomic E-state index is -0.185. The van der Waals surface area contributed by atoms with E-state index in [9.17, 15) is 4.39 Å². The average molecular weight is 347 g/mol. The van der Waals surface area contributed by atoms with Gasteiger partial charge in [0.1, 0.15) is 5.82 Å². The summed E-state index contributed by atoms with van der Waals surface area (Å²) in [5.74, 6) is -0.185. The normalized spacial score (nSPS) is 12.0. The van der Waals surface area contributed by atoms with Gasteiger partial charge in [-0.3, -0.25) is 0 Å². The molecule has 0 fully saturated rings. The first-order chi connectivity index (χ1) is 12.4. The lowest BCUT2D eigenvalue weighted by Crippen LogP contribution is -2.09. The minimum absolute atomic E-state index is 0.185. The number of aryl methyl sites for hydroxylation is 2. The molecule has 1 nitrogen and oxygen atoms in total. The second-order valence-corrected chi connectivity index (χ2v) is 6.39. The molecule has 0 aliphatic rings. The van der Waals surface area contributed by atoms with Crippen molar-refractivity contribution < 1.29 is 4.39 Å². The quantitative estimate of drug-likeness (QED) is 0.415. The highest BCUT2D eigenvalue weighted by molar-refractivity contribution is 5.95. The molecule has 2 rings (SSSR count). The predicted molar refractivity (Wildman–Crippen MR) is 113 cm³/mol. The smallest absolute Gasteiger partial charge is 0.126 e. The number of allylic oxidation sites excluding steroid dienone is 5. The molecule has 26 heavy (non-hydrogen) atoms. The first kappa shape index (κ1) is 19.5. The summed E-state index contributed by atoms with van der Waals surface area (Å²) in [5, 5.41) is 0. The Bertz CT molecular complexity index is 887. The highest BCUT2D eigenvalue weighted by Gasteiger charge is 2.10. The second kappa shape index (κ2) is 8.48. The van der Waals surface area contributed by atoms with Crippen LogP contribution in [-0.2, 0) is 0 Å². The van der Waals surface area contributed by atoms with Crippen molar-refractivity contribution in [2.45, 2.75) is 20.8 Å². The number of hydrogen-bond donors (Lipinski definition) is 0. The van der Waals surface area contributed by atoms with E-state index in [1.807, 2.05) is 36.2 Å². The molecule has 2 aromatic rings. The van der Waals surface area contributed by atoms with E-state index in [1.54, 1.807) is 19.2 Å². The summed E-state index contributed by atoms with van der Waals surface area (Å²) in [5.41, 5.74) is 7.19. The topological polar surface area (TPSA) is 3.24 Å². The Kier molecular flexibility index (Phi) is 6.35. The van der Waals surface area contributed by atoms with Gasteiger partial charge in [0.15, 0.2) is 0 Å². The molecule has 0 heterocycles. The molecule has 0 spiro atoms. The summed E-state index contributed by atoms with van der Waals surface area (Å²) < 4.78 is 13.7. The lowest BCUT2D eigenvalue weighted by molar-refractivity contribution is 0.618. The van der Waals surface area contributed by atoms with Crippen LogP contribution in [0.1, 0.15) is 29.2 Å². The standard InChI is InChI=1S/C24H26FN/c1-7-9-10-22(19(5)20-13-14-23(25)18(4)15-20)21-12-11-17(3)24(16-21)26(6)8-2/h7-16H,1-2H2,3-6H3/b10-9-,22-19-. The van der Waals surface area contributed by atoms with Gasteiger partial charge in [0, 0.05) is 12.7 Å². The number of nitrogens with zero attached hydrogens (tertiary/aromatic N) is 1. The van der Waals surface area contributed by atoms with Gasteiger partial charge in [-0.05, 0) is 78.6 Å². The third-order valence-electron chi connectivity index (χ3n) is 4.57. The first-order valence-corrected chi connectivity index (χ1v) is 8.62. The maximum atomic E-state index is 13.7. The molecule has 2 heteroatoms. The molecule has 0 amide bonds. The van der Waals surface area contributed by atoms with Crippen LogP contribution in [0.2, 0.25) is 0 Å². The molecule has 0 unspecified atom stereocenters. The summed E-state index contributed by atoms with van der Waals surface area (Å²) in [6.07, 6.45) is 7.52. The second-order valence-electron chi connectivity index (χ2n) is 6.39. The minimum Gasteiger partial charge on any atom is -0.351 e. The molecule has 0 aromatic heterocycles. The SMILES string of the molecule is C=C/C=C\C(=C(/C)c1ccc(F)c(C)c1)c1ccc(C)c(N(C)C=C)c1. The number of halogens is 1. The van der Waals surface area contributed by atoms with E-state index in [0.29, 0.717) is 5.56 Å². The molecular formula is C24H26FN. The number of benzene rings is 2. The first-order valence-electron chi connectivity index (χ1n) is 8.62. The van der Waals surface area contributed by atoms with E-state index in [0.717, 1.165) is 28.0 Å². The third-order valence-corrected chi connectivity index (χ3v) is 4.57. The zero-order valence-corrected chi connectivity index (χ0v) is 16.0. The fraction of sp³-hybridized carbons (Fsp3) is 0.167. The van der Waals surface area contributed by atoms with E-state index in [-0.39, 0.29) is 5.82 Å². The Hall–Kier alpha value is -2.87. The number of anilines is 1. The fourth-order valence-electron chi connectivity index (χ4n) is 2.89. The summed E-state index contributed by atoms with van der Waals surface area (Å²) in [4.78, 5) is 2.01. The molecule has 0 radical (unpaired) electrons. The van der Waals surface area contributed by atoms with Gasteiger partial charge in [0.25, 0.3) is 0 Å². The van der Waals surface area contributed by atoms with Gasteiger partial charge in [-0.1, -0.05) is 49.6 Å². The van der Waals surface area contributed by atoms with E-state index in [4.69, 9.17) is 0 Å². The zero-order valence-electron chi connectivity index (χ0n) is 16.0. The van der Waals surface area contributed by atoms with Gasteiger partial charge in [-0.15, -0.1) is 0 Å². The van der Waals surface area contributed by atoms with E-state index in [2.05, 4.69) is 45.2 Å². The largest absolute Gasteiger partial charge is 0.351 e. The van der Waals surface area contributed by atoms with Crippen LogP contribution in [0.5, 0.6) is 0 Å². The summed E-state index contributed by atoms with van der Waals surface area (Å²) in [6, 6.07) is 11.6. The maximum Gasteiger partial charge on any atom is 0.126 e. The van der Waals surface area contributed by atoms with Gasteiger partial charge in [-0.25, -0.2) is 4.39 Å². The van der Waals surface area contributed by atoms with Crippen LogP contribution in [0.4, 0.5) is 10.1 Å². The van der Waals surface area contributed by atoms with Crippen LogP contribution in [0, 0.1) is 19.7 Å². The molecule has 0 aliphatic heterocycles. The van der Waals surface area contributed by atoms with Gasteiger partial charge < -0.3 is 4.90 Å². The van der Waals surface area contributed by atoms with Crippen LogP contribution in [0.25, 0.3) is 11.1 Å². The van der Waals surface area contributed by atoms with Crippen molar-refractivity contribution in [2.24, 2.45) is 0 Å². The van der Waals surface area contributed by atoms with Crippen molar-refractivity contribution >= 4 is 16.8 Å². The fourth-order valence-corrected chi connectivity index (χ4v) is 2.89. The molecule has 0 saturated carbocycles. The summed E-state index contributed by atoms with van der Waals surface area (Å²) in [6.45, 7) is 13.6. The van der Waals surface area contributed by atoms with Crippen molar-refractivity contribution in [1.29, 1.82) is 0 Å². The molecule has 134 valence electrons. The van der Waals surface area contributed by atoms with Gasteiger partial charge in [0.05, 0.1) is 0 Å². The maximum absolute atomic E-state index is 13.7. The Morgan fingerprint density at radius 3 is 2.31 bits per heavy atom. The van der Waals surface area contributed by atoms with Crippen molar-refractivity contribution in [3.63, 3.8) is 0 Å². The Morgan fingerprint density at radius 2 is 1.69 bits per heavy atom. The summed E-state index contributed by atoms with van der Waals surface area (Å²) >= 11 is 0. The number of rotatable bonds is 6. The van der Waals surface area contributed by atoms with E-state index >= 15 is 0 Å². The van der Waals surface area contributed by atoms with Gasteiger partial charge in [0.2, 0.25) is 0 Å². The summed E-state index contributed by atoms with van der Waals surface area (Å²) in [7, 11) is 1.98. The van der Waals surface area contributed by atoms with Crippen LogP contribution in [0.3, 0.4) is 0 Å². The van der Waals surface area contributed by atoms with Crippen molar-refractivity contribution in [3.05, 3.63) is 102 Å². The lowest BCUT2D eigenvalue weighted by Gasteiger charge is -2.19. The molecule has 0 atom stereocenters. The molecule has 0 saturated heterocycles. The van der Waals surface area contributed by atoms with Crippen LogP contribution in [-0.4, -0.2) is 7.05 Å². The molecule has 0 bridgehead atoms. The van der Waals surface area contributed by atoms with Crippen LogP contribution in [0.15, 0.2) is 74.0 Å². The number of hydrogen-bond acceptors (Lipinski definition) is 1. The Balaban J connectivity index is 2.67. The van der Waals surface area contributed by atoms with Crippen LogP contribution >= 0.6 is 0 Å². The van der Waals surface area contributed by atoms with Crippen LogP contribution < -0.4 is 4.90 Å². The van der Waals surface area contributed by atoms with Crippen molar-refractivity contribution in [1.82, 2.24) is 0 Å². The lowest BCUT2D eigenvalue weighted by atomic mass is 9.93. The monoisotopic (exact) mass is 347 g/mol. The van der Waals surface area contributed by atoms with Gasteiger partial charge >= 0.3 is 0 Å². The highest BCUT2D eigenvalue weighted by atomic mass is 19.1. The zero-order chi connectivity index (χ0) is 19.3. The van der Waals surface area contributed by atoms with Crippen molar-refractivity contribution in [2.75, 3.05) is 11.9 Å².